The van der Waals surface area contributed by atoms with Crippen LogP contribution in [0.2, 0.25) is 0 Å². The summed E-state index contributed by atoms with van der Waals surface area (Å²) in [5.74, 6) is -0.0487. The summed E-state index contributed by atoms with van der Waals surface area (Å²) < 4.78 is 5.43. The lowest BCUT2D eigenvalue weighted by molar-refractivity contribution is -0.127. The topological polar surface area (TPSA) is 64.3 Å². The van der Waals surface area contributed by atoms with Gasteiger partial charge in [0.05, 0.1) is 12.1 Å². The van der Waals surface area contributed by atoms with Gasteiger partial charge in [-0.05, 0) is 25.2 Å². The molecule has 0 unspecified atom stereocenters. The zero-order valence-electron chi connectivity index (χ0n) is 10.7. The van der Waals surface area contributed by atoms with Gasteiger partial charge >= 0.3 is 0 Å². The Morgan fingerprint density at radius 2 is 2.06 bits per heavy atom. The van der Waals surface area contributed by atoms with E-state index in [0.29, 0.717) is 6.10 Å². The van der Waals surface area contributed by atoms with Crippen molar-refractivity contribution in [2.75, 3.05) is 6.61 Å². The predicted octanol–water partition coefficient (Wildman–Crippen LogP) is 1.04. The molecule has 1 amide bonds. The van der Waals surface area contributed by atoms with Crippen LogP contribution in [0.25, 0.3) is 0 Å². The fourth-order valence-corrected chi connectivity index (χ4v) is 1.74. The molecule has 0 saturated heterocycles. The molecule has 4 heteroatoms. The minimum atomic E-state index is -0.446. The van der Waals surface area contributed by atoms with Crippen molar-refractivity contribution in [3.05, 3.63) is 0 Å². The molecule has 3 N–H and O–H groups in total. The Kier molecular flexibility index (Phi) is 4.33. The van der Waals surface area contributed by atoms with Gasteiger partial charge < -0.3 is 15.8 Å². The van der Waals surface area contributed by atoms with Crippen LogP contribution in [0.4, 0.5) is 0 Å². The van der Waals surface area contributed by atoms with Crippen molar-refractivity contribution < 1.29 is 9.53 Å². The third-order valence-corrected chi connectivity index (χ3v) is 3.06. The van der Waals surface area contributed by atoms with Crippen LogP contribution in [0, 0.1) is 5.41 Å². The average molecular weight is 228 g/mol. The SMILES string of the molecule is CCOC1CC(NC(=O)[C@@H](N)C(C)(C)C)C1. The number of ether oxygens (including phenoxy) is 1. The van der Waals surface area contributed by atoms with Gasteiger partial charge in [0, 0.05) is 12.6 Å². The first-order valence-corrected chi connectivity index (χ1v) is 6.02. The highest BCUT2D eigenvalue weighted by Gasteiger charge is 2.34. The fraction of sp³-hybridized carbons (Fsp3) is 0.917. The zero-order valence-corrected chi connectivity index (χ0v) is 10.7. The molecule has 0 aliphatic heterocycles. The molecule has 0 aromatic rings. The number of amides is 1. The Bertz CT molecular complexity index is 242. The first-order chi connectivity index (χ1) is 7.34. The summed E-state index contributed by atoms with van der Waals surface area (Å²) in [6.45, 7) is 8.65. The van der Waals surface area contributed by atoms with Crippen molar-refractivity contribution in [1.82, 2.24) is 5.32 Å². The molecule has 1 saturated carbocycles. The minimum Gasteiger partial charge on any atom is -0.378 e. The van der Waals surface area contributed by atoms with Crippen molar-refractivity contribution in [3.63, 3.8) is 0 Å². The van der Waals surface area contributed by atoms with Gasteiger partial charge in [-0.1, -0.05) is 20.8 Å². The molecule has 0 radical (unpaired) electrons. The number of nitrogens with one attached hydrogen (secondary N) is 1. The Labute approximate surface area is 97.9 Å². The molecular formula is C12H24N2O2. The Morgan fingerprint density at radius 3 is 2.50 bits per heavy atom. The molecule has 0 aromatic heterocycles. The molecule has 0 bridgehead atoms. The molecule has 94 valence electrons. The van der Waals surface area contributed by atoms with E-state index >= 15 is 0 Å². The number of rotatable bonds is 4. The number of carbonyl (C=O) groups excluding carboxylic acids is 1. The molecule has 0 heterocycles. The highest BCUT2D eigenvalue weighted by atomic mass is 16.5. The predicted molar refractivity (Wildman–Crippen MR) is 64.0 cm³/mol. The first-order valence-electron chi connectivity index (χ1n) is 6.02. The van der Waals surface area contributed by atoms with Crippen LogP contribution in [0.5, 0.6) is 0 Å². The fourth-order valence-electron chi connectivity index (χ4n) is 1.74. The number of nitrogens with two attached hydrogens (primary N) is 1. The Hall–Kier alpha value is -0.610. The van der Waals surface area contributed by atoms with E-state index < -0.39 is 6.04 Å². The standard InChI is InChI=1S/C12H24N2O2/c1-5-16-9-6-8(7-9)14-11(15)10(13)12(2,3)4/h8-10H,5-7,13H2,1-4H3,(H,14,15)/t8?,9?,10-/m1/s1. The van der Waals surface area contributed by atoms with E-state index in [2.05, 4.69) is 5.32 Å². The monoisotopic (exact) mass is 228 g/mol. The van der Waals surface area contributed by atoms with Gasteiger partial charge in [0.1, 0.15) is 0 Å². The van der Waals surface area contributed by atoms with Crippen LogP contribution in [0.15, 0.2) is 0 Å². The molecule has 1 rings (SSSR count). The summed E-state index contributed by atoms with van der Waals surface area (Å²) >= 11 is 0. The van der Waals surface area contributed by atoms with Crippen molar-refractivity contribution in [2.45, 2.75) is 58.7 Å². The van der Waals surface area contributed by atoms with Crippen LogP contribution in [0.1, 0.15) is 40.5 Å². The van der Waals surface area contributed by atoms with E-state index in [-0.39, 0.29) is 17.4 Å². The number of hydrogen-bond acceptors (Lipinski definition) is 3. The molecule has 4 nitrogen and oxygen atoms in total. The van der Waals surface area contributed by atoms with Gasteiger partial charge in [-0.15, -0.1) is 0 Å². The second kappa shape index (κ2) is 5.15. The zero-order chi connectivity index (χ0) is 12.3. The van der Waals surface area contributed by atoms with Crippen molar-refractivity contribution in [1.29, 1.82) is 0 Å². The summed E-state index contributed by atoms with van der Waals surface area (Å²) in [5.41, 5.74) is 5.68. The Balaban J connectivity index is 2.27. The van der Waals surface area contributed by atoms with Crippen molar-refractivity contribution in [2.24, 2.45) is 11.1 Å². The summed E-state index contributed by atoms with van der Waals surface area (Å²) in [4.78, 5) is 11.8. The lowest BCUT2D eigenvalue weighted by Gasteiger charge is -2.37. The summed E-state index contributed by atoms with van der Waals surface area (Å²) in [5, 5.41) is 2.97. The molecular weight excluding hydrogens is 204 g/mol. The second-order valence-electron chi connectivity index (χ2n) is 5.60. The van der Waals surface area contributed by atoms with Crippen LogP contribution >= 0.6 is 0 Å². The molecule has 1 atom stereocenters. The van der Waals surface area contributed by atoms with Gasteiger partial charge in [-0.3, -0.25) is 4.79 Å². The van der Waals surface area contributed by atoms with Crippen LogP contribution in [-0.4, -0.2) is 30.7 Å². The first kappa shape index (κ1) is 13.5. The van der Waals surface area contributed by atoms with E-state index in [4.69, 9.17) is 10.5 Å². The maximum Gasteiger partial charge on any atom is 0.237 e. The van der Waals surface area contributed by atoms with Gasteiger partial charge in [-0.25, -0.2) is 0 Å². The summed E-state index contributed by atoms with van der Waals surface area (Å²) in [7, 11) is 0. The summed E-state index contributed by atoms with van der Waals surface area (Å²) in [6.07, 6.45) is 2.15. The van der Waals surface area contributed by atoms with E-state index in [1.165, 1.54) is 0 Å². The van der Waals surface area contributed by atoms with E-state index in [1.54, 1.807) is 0 Å². The Morgan fingerprint density at radius 1 is 1.50 bits per heavy atom. The van der Waals surface area contributed by atoms with E-state index in [1.807, 2.05) is 27.7 Å². The van der Waals surface area contributed by atoms with E-state index in [0.717, 1.165) is 19.4 Å². The molecule has 1 fully saturated rings. The van der Waals surface area contributed by atoms with E-state index in [9.17, 15) is 4.79 Å². The number of hydrogen-bond donors (Lipinski definition) is 2. The van der Waals surface area contributed by atoms with Gasteiger partial charge in [0.2, 0.25) is 5.91 Å². The summed E-state index contributed by atoms with van der Waals surface area (Å²) in [6, 6.07) is -0.198. The quantitative estimate of drug-likeness (QED) is 0.755. The molecule has 1 aliphatic carbocycles. The minimum absolute atomic E-state index is 0.0487. The third-order valence-electron chi connectivity index (χ3n) is 3.06. The maximum atomic E-state index is 11.8. The highest BCUT2D eigenvalue weighted by molar-refractivity contribution is 5.82. The highest BCUT2D eigenvalue weighted by Crippen LogP contribution is 2.24. The van der Waals surface area contributed by atoms with Gasteiger partial charge in [0.25, 0.3) is 0 Å². The smallest absolute Gasteiger partial charge is 0.237 e. The van der Waals surface area contributed by atoms with Gasteiger partial charge in [-0.2, -0.15) is 0 Å². The van der Waals surface area contributed by atoms with Crippen molar-refractivity contribution >= 4 is 5.91 Å². The van der Waals surface area contributed by atoms with Crippen LogP contribution < -0.4 is 11.1 Å². The molecule has 0 aromatic carbocycles. The molecule has 0 spiro atoms. The normalized spacial score (nSPS) is 27.1. The maximum absolute atomic E-state index is 11.8. The van der Waals surface area contributed by atoms with Crippen LogP contribution in [0.3, 0.4) is 0 Å². The molecule has 1 aliphatic rings. The van der Waals surface area contributed by atoms with Gasteiger partial charge in [0.15, 0.2) is 0 Å². The lowest BCUT2D eigenvalue weighted by Crippen LogP contribution is -2.55. The van der Waals surface area contributed by atoms with Crippen molar-refractivity contribution in [3.8, 4) is 0 Å². The number of carbonyl (C=O) groups is 1. The second-order valence-corrected chi connectivity index (χ2v) is 5.60. The molecule has 16 heavy (non-hydrogen) atoms. The average Bonchev–Trinajstić information content (AvgIpc) is 2.11. The third kappa shape index (κ3) is 3.46. The van der Waals surface area contributed by atoms with Crippen LogP contribution in [-0.2, 0) is 9.53 Å². The largest absolute Gasteiger partial charge is 0.378 e. The lowest BCUT2D eigenvalue weighted by atomic mass is 9.85.